The summed E-state index contributed by atoms with van der Waals surface area (Å²) in [5.74, 6) is 0.972. The van der Waals surface area contributed by atoms with Gasteiger partial charge in [-0.3, -0.25) is 0 Å². The third-order valence-electron chi connectivity index (χ3n) is 3.92. The molecule has 1 aromatic rings. The summed E-state index contributed by atoms with van der Waals surface area (Å²) < 4.78 is 0. The maximum Gasteiger partial charge on any atom is 0.131 e. The van der Waals surface area contributed by atoms with Crippen LogP contribution in [0.1, 0.15) is 36.8 Å². The van der Waals surface area contributed by atoms with E-state index in [4.69, 9.17) is 0 Å². The molecule has 0 aliphatic heterocycles. The van der Waals surface area contributed by atoms with E-state index in [1.807, 2.05) is 20.3 Å². The average molecular weight is 263 g/mol. The first-order valence-corrected chi connectivity index (χ1v) is 7.08. The van der Waals surface area contributed by atoms with Gasteiger partial charge >= 0.3 is 0 Å². The van der Waals surface area contributed by atoms with E-state index in [2.05, 4.69) is 28.2 Å². The minimum absolute atomic E-state index is 0.521. The first-order valence-electron chi connectivity index (χ1n) is 7.08. The predicted octanol–water partition coefficient (Wildman–Crippen LogP) is 1.85. The highest BCUT2D eigenvalue weighted by Crippen LogP contribution is 2.31. The van der Waals surface area contributed by atoms with Crippen LogP contribution in [0.2, 0.25) is 0 Å². The molecule has 2 N–H and O–H groups in total. The lowest BCUT2D eigenvalue weighted by atomic mass is 10.0. The summed E-state index contributed by atoms with van der Waals surface area (Å²) in [6, 6.07) is 2.16. The molecule has 4 heteroatoms. The number of likely N-dealkylation sites (N-methyl/N-ethyl adjacent to an activating group) is 1. The molecule has 0 aromatic carbocycles. The molecule has 0 spiro atoms. The zero-order valence-corrected chi connectivity index (χ0v) is 12.2. The summed E-state index contributed by atoms with van der Waals surface area (Å²) in [4.78, 5) is 6.63. The molecule has 0 radical (unpaired) electrons. The fraction of sp³-hybridized carbons (Fsp3) is 0.667. The largest absolute Gasteiger partial charge is 0.388 e. The minimum atomic E-state index is -0.521. The normalized spacial score (nSPS) is 17.7. The van der Waals surface area contributed by atoms with Crippen molar-refractivity contribution in [3.05, 3.63) is 23.4 Å². The van der Waals surface area contributed by atoms with E-state index < -0.39 is 5.60 Å². The van der Waals surface area contributed by atoms with E-state index in [1.165, 1.54) is 5.56 Å². The first kappa shape index (κ1) is 14.3. The molecule has 1 aliphatic rings. The molecule has 106 valence electrons. The summed E-state index contributed by atoms with van der Waals surface area (Å²) in [6.45, 7) is 3.59. The number of aromatic nitrogens is 1. The molecule has 0 bridgehead atoms. The Kier molecular flexibility index (Phi) is 4.42. The van der Waals surface area contributed by atoms with Crippen molar-refractivity contribution < 1.29 is 5.11 Å². The van der Waals surface area contributed by atoms with Gasteiger partial charge in [-0.25, -0.2) is 4.98 Å². The average Bonchev–Trinajstić information content (AvgIpc) is 2.76. The van der Waals surface area contributed by atoms with Crippen LogP contribution in [0.3, 0.4) is 0 Å². The third-order valence-corrected chi connectivity index (χ3v) is 3.92. The summed E-state index contributed by atoms with van der Waals surface area (Å²) in [5.41, 5.74) is 1.83. The lowest BCUT2D eigenvalue weighted by Gasteiger charge is -2.30. The second-order valence-electron chi connectivity index (χ2n) is 5.80. The molecule has 0 atom stereocenters. The molecule has 2 rings (SSSR count). The van der Waals surface area contributed by atoms with Gasteiger partial charge in [-0.2, -0.15) is 0 Å². The van der Waals surface area contributed by atoms with Gasteiger partial charge in [0.1, 0.15) is 5.82 Å². The molecular weight excluding hydrogens is 238 g/mol. The van der Waals surface area contributed by atoms with Crippen molar-refractivity contribution in [3.63, 3.8) is 0 Å². The zero-order chi connectivity index (χ0) is 13.9. The van der Waals surface area contributed by atoms with Crippen molar-refractivity contribution in [1.29, 1.82) is 0 Å². The zero-order valence-electron chi connectivity index (χ0n) is 12.2. The summed E-state index contributed by atoms with van der Waals surface area (Å²) in [7, 11) is 3.95. The van der Waals surface area contributed by atoms with Crippen LogP contribution in [0.25, 0.3) is 0 Å². The molecule has 0 amide bonds. The van der Waals surface area contributed by atoms with Crippen molar-refractivity contribution in [3.8, 4) is 0 Å². The first-order chi connectivity index (χ1) is 9.04. The van der Waals surface area contributed by atoms with Crippen LogP contribution in [0.5, 0.6) is 0 Å². The monoisotopic (exact) mass is 263 g/mol. The van der Waals surface area contributed by atoms with Gasteiger partial charge < -0.3 is 15.3 Å². The number of pyridine rings is 1. The molecule has 1 heterocycles. The van der Waals surface area contributed by atoms with Gasteiger partial charge in [0.25, 0.3) is 0 Å². The molecule has 0 saturated heterocycles. The quantitative estimate of drug-likeness (QED) is 0.851. The Morgan fingerprint density at radius 3 is 2.68 bits per heavy atom. The molecule has 1 saturated carbocycles. The van der Waals surface area contributed by atoms with E-state index >= 15 is 0 Å². The van der Waals surface area contributed by atoms with Gasteiger partial charge in [0.2, 0.25) is 0 Å². The molecule has 4 nitrogen and oxygen atoms in total. The SMILES string of the molecule is CNCc1cnc(N(C)CC2(O)CCCC2)c(C)c1. The Bertz CT molecular complexity index is 427. The number of nitrogens with zero attached hydrogens (tertiary/aromatic N) is 2. The molecule has 19 heavy (non-hydrogen) atoms. The minimum Gasteiger partial charge on any atom is -0.388 e. The Morgan fingerprint density at radius 2 is 2.11 bits per heavy atom. The summed E-state index contributed by atoms with van der Waals surface area (Å²) in [5, 5.41) is 13.6. The number of nitrogens with one attached hydrogen (secondary N) is 1. The van der Waals surface area contributed by atoms with E-state index in [-0.39, 0.29) is 0 Å². The van der Waals surface area contributed by atoms with Gasteiger partial charge in [0.15, 0.2) is 0 Å². The summed E-state index contributed by atoms with van der Waals surface area (Å²) >= 11 is 0. The third kappa shape index (κ3) is 3.45. The predicted molar refractivity (Wildman–Crippen MR) is 78.4 cm³/mol. The molecular formula is C15H25N3O. The summed E-state index contributed by atoms with van der Waals surface area (Å²) in [6.07, 6.45) is 6.01. The van der Waals surface area contributed by atoms with Crippen molar-refractivity contribution in [2.45, 2.75) is 44.8 Å². The molecule has 0 unspecified atom stereocenters. The second-order valence-corrected chi connectivity index (χ2v) is 5.80. The number of anilines is 1. The van der Waals surface area contributed by atoms with Crippen LogP contribution in [0, 0.1) is 6.92 Å². The molecule has 1 aliphatic carbocycles. The highest BCUT2D eigenvalue weighted by molar-refractivity contribution is 5.47. The maximum atomic E-state index is 10.5. The van der Waals surface area contributed by atoms with Crippen LogP contribution < -0.4 is 10.2 Å². The van der Waals surface area contributed by atoms with Crippen molar-refractivity contribution >= 4 is 5.82 Å². The number of aryl methyl sites for hydroxylation is 1. The van der Waals surface area contributed by atoms with Crippen molar-refractivity contribution in [1.82, 2.24) is 10.3 Å². The lowest BCUT2D eigenvalue weighted by molar-refractivity contribution is 0.0558. The van der Waals surface area contributed by atoms with Crippen LogP contribution in [0.15, 0.2) is 12.3 Å². The van der Waals surface area contributed by atoms with Gasteiger partial charge in [0, 0.05) is 26.3 Å². The van der Waals surface area contributed by atoms with Crippen LogP contribution in [-0.4, -0.2) is 36.3 Å². The Labute approximate surface area is 115 Å². The Morgan fingerprint density at radius 1 is 1.42 bits per heavy atom. The lowest BCUT2D eigenvalue weighted by Crippen LogP contribution is -2.39. The van der Waals surface area contributed by atoms with E-state index in [0.717, 1.165) is 43.6 Å². The van der Waals surface area contributed by atoms with Crippen molar-refractivity contribution in [2.75, 3.05) is 25.5 Å². The number of hydrogen-bond donors (Lipinski definition) is 2. The fourth-order valence-electron chi connectivity index (χ4n) is 3.03. The Hall–Kier alpha value is -1.13. The smallest absolute Gasteiger partial charge is 0.131 e. The maximum absolute atomic E-state index is 10.5. The van der Waals surface area contributed by atoms with E-state index in [0.29, 0.717) is 6.54 Å². The topological polar surface area (TPSA) is 48.4 Å². The Balaban J connectivity index is 2.08. The van der Waals surface area contributed by atoms with Gasteiger partial charge in [0.05, 0.1) is 5.60 Å². The van der Waals surface area contributed by atoms with Crippen LogP contribution in [0.4, 0.5) is 5.82 Å². The van der Waals surface area contributed by atoms with Crippen LogP contribution in [-0.2, 0) is 6.54 Å². The van der Waals surface area contributed by atoms with E-state index in [1.54, 1.807) is 0 Å². The van der Waals surface area contributed by atoms with E-state index in [9.17, 15) is 5.11 Å². The number of aliphatic hydroxyl groups is 1. The molecule has 1 aromatic heterocycles. The van der Waals surface area contributed by atoms with Gasteiger partial charge in [-0.1, -0.05) is 12.8 Å². The number of rotatable bonds is 5. The highest BCUT2D eigenvalue weighted by atomic mass is 16.3. The van der Waals surface area contributed by atoms with Crippen LogP contribution >= 0.6 is 0 Å². The number of hydrogen-bond acceptors (Lipinski definition) is 4. The van der Waals surface area contributed by atoms with Gasteiger partial charge in [-0.05, 0) is 44.0 Å². The fourth-order valence-corrected chi connectivity index (χ4v) is 3.03. The van der Waals surface area contributed by atoms with Gasteiger partial charge in [-0.15, -0.1) is 0 Å². The highest BCUT2D eigenvalue weighted by Gasteiger charge is 2.32. The second kappa shape index (κ2) is 5.88. The standard InChI is InChI=1S/C15H25N3O/c1-12-8-13(9-16-2)10-17-14(12)18(3)11-15(19)6-4-5-7-15/h8,10,16,19H,4-7,9,11H2,1-3H3. The molecule has 1 fully saturated rings. The van der Waals surface area contributed by atoms with Crippen molar-refractivity contribution in [2.24, 2.45) is 0 Å².